The van der Waals surface area contributed by atoms with Gasteiger partial charge in [0.15, 0.2) is 0 Å². The molecule has 1 heterocycles. The van der Waals surface area contributed by atoms with Crippen LogP contribution in [0.5, 0.6) is 5.75 Å². The van der Waals surface area contributed by atoms with E-state index in [0.717, 1.165) is 24.5 Å². The molecule has 0 saturated heterocycles. The molecule has 1 aliphatic rings. The van der Waals surface area contributed by atoms with E-state index < -0.39 is 0 Å². The fraction of sp³-hybridized carbons (Fsp3) is 0.250. The fourth-order valence-electron chi connectivity index (χ4n) is 2.43. The second-order valence-electron chi connectivity index (χ2n) is 4.81. The van der Waals surface area contributed by atoms with Crippen LogP contribution >= 0.6 is 0 Å². The average Bonchev–Trinajstić information content (AvgIpc) is 2.86. The van der Waals surface area contributed by atoms with Gasteiger partial charge in [-0.15, -0.1) is 0 Å². The van der Waals surface area contributed by atoms with Gasteiger partial charge in [0.05, 0.1) is 12.6 Å². The van der Waals surface area contributed by atoms with Gasteiger partial charge in [-0.05, 0) is 36.8 Å². The van der Waals surface area contributed by atoms with Gasteiger partial charge in [0.1, 0.15) is 11.6 Å². The number of anilines is 1. The van der Waals surface area contributed by atoms with E-state index in [1.807, 2.05) is 31.2 Å². The van der Waals surface area contributed by atoms with Crippen LogP contribution < -0.4 is 10.1 Å². The molecular weight excluding hydrogens is 241 g/mol. The Bertz CT molecular complexity index is 597. The topological polar surface area (TPSA) is 21.3 Å². The van der Waals surface area contributed by atoms with E-state index in [9.17, 15) is 4.39 Å². The number of benzene rings is 2. The Hall–Kier alpha value is -2.03. The van der Waals surface area contributed by atoms with E-state index in [0.29, 0.717) is 5.56 Å². The van der Waals surface area contributed by atoms with Crippen molar-refractivity contribution in [3.63, 3.8) is 0 Å². The highest BCUT2D eigenvalue weighted by Gasteiger charge is 2.14. The molecule has 98 valence electrons. The summed E-state index contributed by atoms with van der Waals surface area (Å²) in [5.41, 5.74) is 2.89. The Balaban J connectivity index is 1.80. The lowest BCUT2D eigenvalue weighted by atomic mass is 10.1. The van der Waals surface area contributed by atoms with Crippen molar-refractivity contribution in [2.24, 2.45) is 0 Å². The number of nitrogens with one attached hydrogen (secondary N) is 1. The first-order valence-electron chi connectivity index (χ1n) is 6.51. The minimum atomic E-state index is -0.174. The molecule has 1 aliphatic heterocycles. The van der Waals surface area contributed by atoms with E-state index in [1.54, 1.807) is 6.07 Å². The van der Waals surface area contributed by atoms with Crippen molar-refractivity contribution in [2.75, 3.05) is 11.9 Å². The molecule has 0 radical (unpaired) electrons. The Labute approximate surface area is 112 Å². The van der Waals surface area contributed by atoms with Crippen LogP contribution in [0.2, 0.25) is 0 Å². The van der Waals surface area contributed by atoms with Crippen molar-refractivity contribution in [1.29, 1.82) is 0 Å². The number of hydrogen-bond acceptors (Lipinski definition) is 2. The molecule has 19 heavy (non-hydrogen) atoms. The van der Waals surface area contributed by atoms with Crippen molar-refractivity contribution < 1.29 is 9.13 Å². The molecule has 0 aliphatic carbocycles. The minimum absolute atomic E-state index is 0.0680. The standard InChI is InChI=1S/C16H16FNO/c1-11(14-4-2-3-5-15(14)17)18-13-6-7-16-12(10-13)8-9-19-16/h2-7,10-11,18H,8-9H2,1H3. The smallest absolute Gasteiger partial charge is 0.128 e. The minimum Gasteiger partial charge on any atom is -0.493 e. The second-order valence-corrected chi connectivity index (χ2v) is 4.81. The molecule has 0 amide bonds. The summed E-state index contributed by atoms with van der Waals surface area (Å²) in [7, 11) is 0. The van der Waals surface area contributed by atoms with Crippen LogP contribution in [0, 0.1) is 5.82 Å². The number of fused-ring (bicyclic) bond motifs is 1. The largest absolute Gasteiger partial charge is 0.493 e. The zero-order valence-corrected chi connectivity index (χ0v) is 10.8. The lowest BCUT2D eigenvalue weighted by Gasteiger charge is -2.17. The predicted molar refractivity (Wildman–Crippen MR) is 74.1 cm³/mol. The Morgan fingerprint density at radius 1 is 1.21 bits per heavy atom. The quantitative estimate of drug-likeness (QED) is 0.899. The van der Waals surface area contributed by atoms with E-state index in [-0.39, 0.29) is 11.9 Å². The summed E-state index contributed by atoms with van der Waals surface area (Å²) in [6.45, 7) is 2.71. The molecule has 1 unspecified atom stereocenters. The Morgan fingerprint density at radius 3 is 2.89 bits per heavy atom. The van der Waals surface area contributed by atoms with Gasteiger partial charge in [0.2, 0.25) is 0 Å². The number of rotatable bonds is 3. The number of halogens is 1. The lowest BCUT2D eigenvalue weighted by molar-refractivity contribution is 0.357. The normalized spacial score (nSPS) is 14.6. The maximum atomic E-state index is 13.7. The number of ether oxygens (including phenoxy) is 1. The van der Waals surface area contributed by atoms with Gasteiger partial charge in [-0.2, -0.15) is 0 Å². The third-order valence-corrected chi connectivity index (χ3v) is 3.44. The van der Waals surface area contributed by atoms with Gasteiger partial charge < -0.3 is 10.1 Å². The Kier molecular flexibility index (Phi) is 3.11. The van der Waals surface area contributed by atoms with Crippen molar-refractivity contribution in [3.8, 4) is 5.75 Å². The summed E-state index contributed by atoms with van der Waals surface area (Å²) < 4.78 is 19.2. The molecule has 1 atom stereocenters. The fourth-order valence-corrected chi connectivity index (χ4v) is 2.43. The SMILES string of the molecule is CC(Nc1ccc2c(c1)CCO2)c1ccccc1F. The van der Waals surface area contributed by atoms with Crippen molar-refractivity contribution in [2.45, 2.75) is 19.4 Å². The molecule has 0 spiro atoms. The van der Waals surface area contributed by atoms with Crippen LogP contribution in [0.3, 0.4) is 0 Å². The predicted octanol–water partition coefficient (Wildman–Crippen LogP) is 3.93. The van der Waals surface area contributed by atoms with Gasteiger partial charge in [0, 0.05) is 17.7 Å². The molecule has 3 heteroatoms. The molecule has 2 aromatic carbocycles. The monoisotopic (exact) mass is 257 g/mol. The van der Waals surface area contributed by atoms with E-state index >= 15 is 0 Å². The first-order chi connectivity index (χ1) is 9.24. The zero-order valence-electron chi connectivity index (χ0n) is 10.8. The molecule has 3 rings (SSSR count). The van der Waals surface area contributed by atoms with Gasteiger partial charge >= 0.3 is 0 Å². The van der Waals surface area contributed by atoms with E-state index in [4.69, 9.17) is 4.74 Å². The van der Waals surface area contributed by atoms with Gasteiger partial charge in [-0.3, -0.25) is 0 Å². The first-order valence-corrected chi connectivity index (χ1v) is 6.51. The third-order valence-electron chi connectivity index (χ3n) is 3.44. The van der Waals surface area contributed by atoms with Crippen LogP contribution in [0.1, 0.15) is 24.1 Å². The molecule has 0 aromatic heterocycles. The van der Waals surface area contributed by atoms with Crippen molar-refractivity contribution in [1.82, 2.24) is 0 Å². The second kappa shape index (κ2) is 4.92. The van der Waals surface area contributed by atoms with Crippen LogP contribution in [-0.4, -0.2) is 6.61 Å². The average molecular weight is 257 g/mol. The highest BCUT2D eigenvalue weighted by Crippen LogP contribution is 2.29. The van der Waals surface area contributed by atoms with Crippen LogP contribution in [0.4, 0.5) is 10.1 Å². The summed E-state index contributed by atoms with van der Waals surface area (Å²) in [6.07, 6.45) is 0.943. The molecule has 0 fully saturated rings. The van der Waals surface area contributed by atoms with Gasteiger partial charge in [-0.25, -0.2) is 4.39 Å². The summed E-state index contributed by atoms with van der Waals surface area (Å²) in [5, 5.41) is 3.33. The van der Waals surface area contributed by atoms with Crippen molar-refractivity contribution in [3.05, 3.63) is 59.4 Å². The number of hydrogen-bond donors (Lipinski definition) is 1. The van der Waals surface area contributed by atoms with Crippen LogP contribution in [0.25, 0.3) is 0 Å². The lowest BCUT2D eigenvalue weighted by Crippen LogP contribution is -2.08. The summed E-state index contributed by atoms with van der Waals surface area (Å²) in [6, 6.07) is 12.8. The molecule has 1 N–H and O–H groups in total. The molecule has 0 saturated carbocycles. The highest BCUT2D eigenvalue weighted by molar-refractivity contribution is 5.53. The highest BCUT2D eigenvalue weighted by atomic mass is 19.1. The summed E-state index contributed by atoms with van der Waals surface area (Å²) in [4.78, 5) is 0. The molecule has 2 aromatic rings. The van der Waals surface area contributed by atoms with E-state index in [1.165, 1.54) is 11.6 Å². The summed E-state index contributed by atoms with van der Waals surface area (Å²) in [5.74, 6) is 0.788. The Morgan fingerprint density at radius 2 is 2.05 bits per heavy atom. The van der Waals surface area contributed by atoms with Gasteiger partial charge in [0.25, 0.3) is 0 Å². The van der Waals surface area contributed by atoms with E-state index in [2.05, 4.69) is 11.4 Å². The maximum Gasteiger partial charge on any atom is 0.128 e. The van der Waals surface area contributed by atoms with Crippen molar-refractivity contribution >= 4 is 5.69 Å². The third kappa shape index (κ3) is 2.41. The van der Waals surface area contributed by atoms with Crippen LogP contribution in [-0.2, 0) is 6.42 Å². The van der Waals surface area contributed by atoms with Crippen LogP contribution in [0.15, 0.2) is 42.5 Å². The first kappa shape index (κ1) is 12.0. The van der Waals surface area contributed by atoms with Gasteiger partial charge in [-0.1, -0.05) is 18.2 Å². The molecule has 0 bridgehead atoms. The molecular formula is C16H16FNO. The zero-order chi connectivity index (χ0) is 13.2. The summed E-state index contributed by atoms with van der Waals surface area (Å²) >= 11 is 0. The maximum absolute atomic E-state index is 13.7. The molecule has 2 nitrogen and oxygen atoms in total.